The third-order valence-corrected chi connectivity index (χ3v) is 3.11. The van der Waals surface area contributed by atoms with E-state index in [-0.39, 0.29) is 0 Å². The summed E-state index contributed by atoms with van der Waals surface area (Å²) in [7, 11) is 0. The summed E-state index contributed by atoms with van der Waals surface area (Å²) in [5.41, 5.74) is 0. The van der Waals surface area contributed by atoms with E-state index in [0.29, 0.717) is 0 Å². The SMILES string of the molecule is CCC(C)C.CCC(C)C.CCCC(C)CC. The molecule has 108 valence electrons. The molecule has 17 heavy (non-hydrogen) atoms. The van der Waals surface area contributed by atoms with Gasteiger partial charge in [-0.1, -0.05) is 94.4 Å². The normalized spacial score (nSPS) is 11.5. The molecular weight excluding hydrogens is 204 g/mol. The molecular formula is C17H40. The Morgan fingerprint density at radius 2 is 0.882 bits per heavy atom. The Bertz CT molecular complexity index is 94.6. The van der Waals surface area contributed by atoms with Gasteiger partial charge in [0.25, 0.3) is 0 Å². The van der Waals surface area contributed by atoms with Crippen LogP contribution in [0.15, 0.2) is 0 Å². The van der Waals surface area contributed by atoms with E-state index in [0.717, 1.165) is 17.8 Å². The Balaban J connectivity index is -0.000000177. The van der Waals surface area contributed by atoms with Crippen molar-refractivity contribution in [3.05, 3.63) is 0 Å². The first-order chi connectivity index (χ1) is 7.85. The van der Waals surface area contributed by atoms with Gasteiger partial charge in [0.15, 0.2) is 0 Å². The summed E-state index contributed by atoms with van der Waals surface area (Å²) < 4.78 is 0. The molecule has 0 saturated heterocycles. The van der Waals surface area contributed by atoms with Gasteiger partial charge < -0.3 is 0 Å². The van der Waals surface area contributed by atoms with Crippen LogP contribution in [0.5, 0.6) is 0 Å². The maximum atomic E-state index is 2.31. The van der Waals surface area contributed by atoms with Gasteiger partial charge in [-0.2, -0.15) is 0 Å². The molecule has 0 heteroatoms. The van der Waals surface area contributed by atoms with Gasteiger partial charge in [-0.3, -0.25) is 0 Å². The van der Waals surface area contributed by atoms with Crippen molar-refractivity contribution in [3.8, 4) is 0 Å². The van der Waals surface area contributed by atoms with E-state index >= 15 is 0 Å². The highest BCUT2D eigenvalue weighted by Gasteiger charge is 1.92. The predicted molar refractivity (Wildman–Crippen MR) is 84.6 cm³/mol. The fraction of sp³-hybridized carbons (Fsp3) is 1.00. The lowest BCUT2D eigenvalue weighted by molar-refractivity contribution is 0.509. The van der Waals surface area contributed by atoms with Gasteiger partial charge in [0, 0.05) is 0 Å². The van der Waals surface area contributed by atoms with E-state index in [1.807, 2.05) is 0 Å². The van der Waals surface area contributed by atoms with Crippen LogP contribution in [0.1, 0.15) is 94.4 Å². The number of rotatable bonds is 5. The zero-order valence-electron chi connectivity index (χ0n) is 14.3. The molecule has 0 aromatic rings. The summed E-state index contributed by atoms with van der Waals surface area (Å²) in [6, 6.07) is 0. The maximum absolute atomic E-state index is 2.31. The van der Waals surface area contributed by atoms with Crippen LogP contribution in [0.25, 0.3) is 0 Å². The smallest absolute Gasteiger partial charge is 0.0446 e. The molecule has 0 rings (SSSR count). The van der Waals surface area contributed by atoms with Crippen molar-refractivity contribution in [3.63, 3.8) is 0 Å². The molecule has 0 N–H and O–H groups in total. The standard InChI is InChI=1S/C7H16.2C5H12/c1-4-6-7(3)5-2;2*1-4-5(2)3/h7H,4-6H2,1-3H3;2*5H,4H2,1-3H3. The van der Waals surface area contributed by atoms with Crippen molar-refractivity contribution in [2.24, 2.45) is 17.8 Å². The first kappa shape index (κ1) is 22.2. The van der Waals surface area contributed by atoms with E-state index in [1.165, 1.54) is 32.1 Å². The van der Waals surface area contributed by atoms with Crippen LogP contribution in [0.4, 0.5) is 0 Å². The van der Waals surface area contributed by atoms with Crippen molar-refractivity contribution >= 4 is 0 Å². The Hall–Kier alpha value is 0. The molecule has 0 aliphatic rings. The van der Waals surface area contributed by atoms with Crippen molar-refractivity contribution < 1.29 is 0 Å². The van der Waals surface area contributed by atoms with Gasteiger partial charge in [-0.05, 0) is 17.8 Å². The molecule has 0 saturated carbocycles. The van der Waals surface area contributed by atoms with Gasteiger partial charge in [0.05, 0.1) is 0 Å². The van der Waals surface area contributed by atoms with Gasteiger partial charge in [-0.15, -0.1) is 0 Å². The van der Waals surface area contributed by atoms with E-state index in [4.69, 9.17) is 0 Å². The van der Waals surface area contributed by atoms with Gasteiger partial charge >= 0.3 is 0 Å². The zero-order chi connectivity index (χ0) is 14.3. The molecule has 0 aliphatic heterocycles. The second-order valence-electron chi connectivity index (χ2n) is 5.91. The molecule has 0 spiro atoms. The lowest BCUT2D eigenvalue weighted by atomic mass is 10.0. The molecule has 0 nitrogen and oxygen atoms in total. The van der Waals surface area contributed by atoms with E-state index < -0.39 is 0 Å². The Kier molecular flexibility index (Phi) is 24.0. The molecule has 0 radical (unpaired) electrons. The van der Waals surface area contributed by atoms with Gasteiger partial charge in [-0.25, -0.2) is 0 Å². The van der Waals surface area contributed by atoms with Crippen LogP contribution in [-0.4, -0.2) is 0 Å². The maximum Gasteiger partial charge on any atom is -0.0446 e. The second-order valence-corrected chi connectivity index (χ2v) is 5.91. The Morgan fingerprint density at radius 3 is 0.941 bits per heavy atom. The zero-order valence-corrected chi connectivity index (χ0v) is 14.3. The minimum absolute atomic E-state index is 0.884. The Labute approximate surface area is 113 Å². The van der Waals surface area contributed by atoms with Crippen LogP contribution in [-0.2, 0) is 0 Å². The van der Waals surface area contributed by atoms with Crippen LogP contribution in [0.3, 0.4) is 0 Å². The fourth-order valence-corrected chi connectivity index (χ4v) is 0.697. The third-order valence-electron chi connectivity index (χ3n) is 3.11. The van der Waals surface area contributed by atoms with Crippen molar-refractivity contribution in [1.29, 1.82) is 0 Å². The van der Waals surface area contributed by atoms with Gasteiger partial charge in [0.1, 0.15) is 0 Å². The van der Waals surface area contributed by atoms with Crippen LogP contribution in [0.2, 0.25) is 0 Å². The summed E-state index contributed by atoms with van der Waals surface area (Å²) in [5, 5.41) is 0. The molecule has 0 fully saturated rings. The van der Waals surface area contributed by atoms with Crippen LogP contribution in [0, 0.1) is 17.8 Å². The van der Waals surface area contributed by atoms with E-state index in [2.05, 4.69) is 62.3 Å². The minimum Gasteiger partial charge on any atom is -0.0654 e. The molecule has 1 unspecified atom stereocenters. The topological polar surface area (TPSA) is 0 Å². The van der Waals surface area contributed by atoms with Gasteiger partial charge in [0.2, 0.25) is 0 Å². The Morgan fingerprint density at radius 1 is 0.588 bits per heavy atom. The predicted octanol–water partition coefficient (Wildman–Crippen LogP) is 6.94. The first-order valence-corrected chi connectivity index (χ1v) is 7.85. The van der Waals surface area contributed by atoms with Crippen molar-refractivity contribution in [1.82, 2.24) is 0 Å². The molecule has 1 atom stereocenters. The minimum atomic E-state index is 0.884. The number of hydrogen-bond donors (Lipinski definition) is 0. The fourth-order valence-electron chi connectivity index (χ4n) is 0.697. The summed E-state index contributed by atoms with van der Waals surface area (Å²) in [4.78, 5) is 0. The highest BCUT2D eigenvalue weighted by Crippen LogP contribution is 2.07. The molecule has 0 bridgehead atoms. The van der Waals surface area contributed by atoms with Crippen LogP contribution < -0.4 is 0 Å². The van der Waals surface area contributed by atoms with Crippen LogP contribution >= 0.6 is 0 Å². The molecule has 0 aromatic carbocycles. The summed E-state index contributed by atoms with van der Waals surface area (Å²) in [5.74, 6) is 2.72. The van der Waals surface area contributed by atoms with Crippen molar-refractivity contribution in [2.45, 2.75) is 94.4 Å². The average Bonchev–Trinajstić information content (AvgIpc) is 2.30. The van der Waals surface area contributed by atoms with E-state index in [9.17, 15) is 0 Å². The molecule has 0 aliphatic carbocycles. The van der Waals surface area contributed by atoms with Crippen molar-refractivity contribution in [2.75, 3.05) is 0 Å². The van der Waals surface area contributed by atoms with E-state index in [1.54, 1.807) is 0 Å². The first-order valence-electron chi connectivity index (χ1n) is 7.85. The molecule has 0 amide bonds. The summed E-state index contributed by atoms with van der Waals surface area (Å²) >= 11 is 0. The number of hydrogen-bond acceptors (Lipinski definition) is 0. The average molecular weight is 245 g/mol. The third kappa shape index (κ3) is 38.7. The monoisotopic (exact) mass is 244 g/mol. The largest absolute Gasteiger partial charge is 0.0654 e. The molecule has 0 aromatic heterocycles. The lowest BCUT2D eigenvalue weighted by Gasteiger charge is -2.02. The lowest BCUT2D eigenvalue weighted by Crippen LogP contribution is -1.88. The summed E-state index contributed by atoms with van der Waals surface area (Å²) in [6.07, 6.45) is 6.69. The highest BCUT2D eigenvalue weighted by molar-refractivity contribution is 4.45. The highest BCUT2D eigenvalue weighted by atomic mass is 14.0. The molecule has 0 heterocycles. The quantitative estimate of drug-likeness (QED) is 0.491. The second kappa shape index (κ2) is 18.4. The summed E-state index contributed by atoms with van der Waals surface area (Å²) in [6.45, 7) is 20.1.